The second-order valence-electron chi connectivity index (χ2n) is 8.03. The molecule has 3 rings (SSSR count). The van der Waals surface area contributed by atoms with Crippen molar-refractivity contribution in [2.45, 2.75) is 38.0 Å². The first-order valence-electron chi connectivity index (χ1n) is 9.81. The van der Waals surface area contributed by atoms with Crippen molar-refractivity contribution in [1.29, 1.82) is 0 Å². The van der Waals surface area contributed by atoms with Gasteiger partial charge in [0.1, 0.15) is 5.82 Å². The Labute approximate surface area is 185 Å². The molecule has 0 fully saturated rings. The average Bonchev–Trinajstić information content (AvgIpc) is 3.19. The number of imidazole rings is 1. The highest BCUT2D eigenvalue weighted by atomic mass is 32.2. The molecule has 0 aliphatic carbocycles. The van der Waals surface area contributed by atoms with E-state index in [1.165, 1.54) is 23.9 Å². The van der Waals surface area contributed by atoms with Gasteiger partial charge < -0.3 is 10.6 Å². The maximum absolute atomic E-state index is 13.0. The molecule has 2 amide bonds. The van der Waals surface area contributed by atoms with Gasteiger partial charge in [0.15, 0.2) is 5.16 Å². The molecule has 0 saturated carbocycles. The van der Waals surface area contributed by atoms with Crippen LogP contribution in [0.25, 0.3) is 5.69 Å². The number of benzene rings is 2. The minimum Gasteiger partial charge on any atom is -0.351 e. The molecule has 0 aliphatic heterocycles. The monoisotopic (exact) mass is 440 g/mol. The summed E-state index contributed by atoms with van der Waals surface area (Å²) in [7, 11) is 0. The second kappa shape index (κ2) is 9.78. The Hall–Kier alpha value is -3.13. The summed E-state index contributed by atoms with van der Waals surface area (Å²) >= 11 is 1.33. The highest BCUT2D eigenvalue weighted by Crippen LogP contribution is 2.21. The molecule has 1 heterocycles. The Morgan fingerprint density at radius 2 is 1.87 bits per heavy atom. The van der Waals surface area contributed by atoms with E-state index in [1.807, 2.05) is 31.4 Å². The number of rotatable bonds is 7. The third kappa shape index (κ3) is 6.68. The van der Waals surface area contributed by atoms with Gasteiger partial charge >= 0.3 is 0 Å². The van der Waals surface area contributed by atoms with Gasteiger partial charge in [-0.15, -0.1) is 0 Å². The van der Waals surface area contributed by atoms with Crippen LogP contribution in [0.3, 0.4) is 0 Å². The lowest BCUT2D eigenvalue weighted by Crippen LogP contribution is -2.41. The van der Waals surface area contributed by atoms with E-state index < -0.39 is 0 Å². The SMILES string of the molecule is CC(C)(C)NC(=O)CSc1nccn1-c1cccc(C(=O)NCc2ccc(F)cc2)c1. The lowest BCUT2D eigenvalue weighted by Gasteiger charge is -2.20. The van der Waals surface area contributed by atoms with Crippen molar-refractivity contribution < 1.29 is 14.0 Å². The highest BCUT2D eigenvalue weighted by Gasteiger charge is 2.16. The van der Waals surface area contributed by atoms with Crippen molar-refractivity contribution >= 4 is 23.6 Å². The summed E-state index contributed by atoms with van der Waals surface area (Å²) in [4.78, 5) is 29.0. The van der Waals surface area contributed by atoms with Crippen molar-refractivity contribution in [3.8, 4) is 5.69 Å². The molecule has 2 N–H and O–H groups in total. The van der Waals surface area contributed by atoms with E-state index in [2.05, 4.69) is 15.6 Å². The van der Waals surface area contributed by atoms with Crippen LogP contribution in [0, 0.1) is 5.82 Å². The minimum atomic E-state index is -0.312. The molecule has 1 aromatic heterocycles. The first kappa shape index (κ1) is 22.6. The molecule has 0 aliphatic rings. The van der Waals surface area contributed by atoms with Crippen LogP contribution in [0.15, 0.2) is 66.1 Å². The van der Waals surface area contributed by atoms with Crippen molar-refractivity contribution in [2.75, 3.05) is 5.75 Å². The van der Waals surface area contributed by atoms with Crippen molar-refractivity contribution in [2.24, 2.45) is 0 Å². The molecule has 3 aromatic rings. The summed E-state index contributed by atoms with van der Waals surface area (Å²) < 4.78 is 14.9. The number of hydrogen-bond donors (Lipinski definition) is 2. The molecule has 162 valence electrons. The topological polar surface area (TPSA) is 76.0 Å². The van der Waals surface area contributed by atoms with Crippen LogP contribution in [0.2, 0.25) is 0 Å². The van der Waals surface area contributed by atoms with Crippen LogP contribution in [-0.2, 0) is 11.3 Å². The van der Waals surface area contributed by atoms with Crippen LogP contribution in [0.1, 0.15) is 36.7 Å². The minimum absolute atomic E-state index is 0.0685. The van der Waals surface area contributed by atoms with Gasteiger partial charge in [-0.05, 0) is 56.7 Å². The Balaban J connectivity index is 1.66. The normalized spacial score (nSPS) is 11.2. The molecule has 0 radical (unpaired) electrons. The van der Waals surface area contributed by atoms with E-state index in [-0.39, 0.29) is 28.9 Å². The Morgan fingerprint density at radius 1 is 1.13 bits per heavy atom. The van der Waals surface area contributed by atoms with Gasteiger partial charge in [-0.25, -0.2) is 9.37 Å². The van der Waals surface area contributed by atoms with Crippen LogP contribution in [0.4, 0.5) is 4.39 Å². The molecule has 0 saturated heterocycles. The maximum atomic E-state index is 13.0. The standard InChI is InChI=1S/C23H25FN4O2S/c1-23(2,3)27-20(29)15-31-22-25-11-12-28(22)19-6-4-5-17(13-19)21(30)26-14-16-7-9-18(24)10-8-16/h4-13H,14-15H2,1-3H3,(H,26,30)(H,27,29). The largest absolute Gasteiger partial charge is 0.351 e. The number of halogens is 1. The zero-order valence-electron chi connectivity index (χ0n) is 17.7. The molecule has 6 nitrogen and oxygen atoms in total. The molecule has 0 unspecified atom stereocenters. The van der Waals surface area contributed by atoms with E-state index in [0.29, 0.717) is 17.3 Å². The third-order valence-electron chi connectivity index (χ3n) is 4.21. The second-order valence-corrected chi connectivity index (χ2v) is 8.97. The molecule has 0 atom stereocenters. The van der Waals surface area contributed by atoms with Crippen LogP contribution >= 0.6 is 11.8 Å². The fraction of sp³-hybridized carbons (Fsp3) is 0.261. The number of carbonyl (C=O) groups excluding carboxylic acids is 2. The molecule has 0 spiro atoms. The van der Waals surface area contributed by atoms with Gasteiger partial charge in [0, 0.05) is 35.7 Å². The first-order chi connectivity index (χ1) is 14.7. The fourth-order valence-corrected chi connectivity index (χ4v) is 3.63. The lowest BCUT2D eigenvalue weighted by atomic mass is 10.1. The smallest absolute Gasteiger partial charge is 0.251 e. The summed E-state index contributed by atoms with van der Waals surface area (Å²) in [6.45, 7) is 6.10. The van der Waals surface area contributed by atoms with E-state index >= 15 is 0 Å². The number of amides is 2. The average molecular weight is 441 g/mol. The number of aromatic nitrogens is 2. The fourth-order valence-electron chi connectivity index (χ4n) is 2.86. The molecule has 0 bridgehead atoms. The highest BCUT2D eigenvalue weighted by molar-refractivity contribution is 7.99. The number of nitrogens with zero attached hydrogens (tertiary/aromatic N) is 2. The van der Waals surface area contributed by atoms with Crippen LogP contribution < -0.4 is 10.6 Å². The van der Waals surface area contributed by atoms with Crippen molar-refractivity contribution in [3.63, 3.8) is 0 Å². The van der Waals surface area contributed by atoms with E-state index in [0.717, 1.165) is 11.3 Å². The first-order valence-corrected chi connectivity index (χ1v) is 10.8. The van der Waals surface area contributed by atoms with E-state index in [4.69, 9.17) is 0 Å². The summed E-state index contributed by atoms with van der Waals surface area (Å²) in [6, 6.07) is 13.2. The van der Waals surface area contributed by atoms with Gasteiger partial charge in [-0.2, -0.15) is 0 Å². The number of nitrogens with one attached hydrogen (secondary N) is 2. The van der Waals surface area contributed by atoms with Crippen molar-refractivity contribution in [1.82, 2.24) is 20.2 Å². The maximum Gasteiger partial charge on any atom is 0.251 e. The zero-order chi connectivity index (χ0) is 22.4. The quantitative estimate of drug-likeness (QED) is 0.546. The summed E-state index contributed by atoms with van der Waals surface area (Å²) in [6.07, 6.45) is 3.45. The predicted molar refractivity (Wildman–Crippen MR) is 120 cm³/mol. The Kier molecular flexibility index (Phi) is 7.12. The third-order valence-corrected chi connectivity index (χ3v) is 5.17. The van der Waals surface area contributed by atoms with Gasteiger partial charge in [0.05, 0.1) is 5.75 Å². The molecular weight excluding hydrogens is 415 g/mol. The summed E-state index contributed by atoms with van der Waals surface area (Å²) in [5, 5.41) is 6.42. The number of hydrogen-bond acceptors (Lipinski definition) is 4. The van der Waals surface area contributed by atoms with Gasteiger partial charge in [0.2, 0.25) is 5.91 Å². The van der Waals surface area contributed by atoms with Gasteiger partial charge in [-0.1, -0.05) is 30.0 Å². The van der Waals surface area contributed by atoms with Crippen molar-refractivity contribution in [3.05, 3.63) is 77.9 Å². The Morgan fingerprint density at radius 3 is 2.58 bits per heavy atom. The Bertz CT molecular complexity index is 1060. The van der Waals surface area contributed by atoms with E-state index in [9.17, 15) is 14.0 Å². The van der Waals surface area contributed by atoms with Crippen LogP contribution in [-0.4, -0.2) is 32.7 Å². The predicted octanol–water partition coefficient (Wildman–Crippen LogP) is 3.95. The molecule has 8 heteroatoms. The zero-order valence-corrected chi connectivity index (χ0v) is 18.5. The summed E-state index contributed by atoms with van der Waals surface area (Å²) in [5.74, 6) is -0.370. The molecular formula is C23H25FN4O2S. The lowest BCUT2D eigenvalue weighted by molar-refractivity contribution is -0.119. The van der Waals surface area contributed by atoms with Gasteiger partial charge in [-0.3, -0.25) is 14.2 Å². The van der Waals surface area contributed by atoms with Gasteiger partial charge in [0.25, 0.3) is 5.91 Å². The number of carbonyl (C=O) groups is 2. The number of thioether (sulfide) groups is 1. The summed E-state index contributed by atoms with van der Waals surface area (Å²) in [5.41, 5.74) is 1.79. The molecule has 31 heavy (non-hydrogen) atoms. The molecule has 2 aromatic carbocycles. The van der Waals surface area contributed by atoms with E-state index in [1.54, 1.807) is 42.7 Å². The van der Waals surface area contributed by atoms with Crippen LogP contribution in [0.5, 0.6) is 0 Å².